The fourth-order valence-electron chi connectivity index (χ4n) is 1.84. The third kappa shape index (κ3) is 2.28. The number of pyridine rings is 2. The summed E-state index contributed by atoms with van der Waals surface area (Å²) in [5.74, 6) is 0.524. The molecular formula is C13H11N5O. The summed E-state index contributed by atoms with van der Waals surface area (Å²) in [6, 6.07) is 5.52. The Morgan fingerprint density at radius 3 is 3.00 bits per heavy atom. The molecule has 0 saturated heterocycles. The van der Waals surface area contributed by atoms with Gasteiger partial charge in [-0.2, -0.15) is 0 Å². The van der Waals surface area contributed by atoms with E-state index in [0.29, 0.717) is 23.3 Å². The molecule has 0 spiro atoms. The van der Waals surface area contributed by atoms with Gasteiger partial charge in [-0.05, 0) is 17.7 Å². The van der Waals surface area contributed by atoms with Gasteiger partial charge in [0, 0.05) is 25.1 Å². The minimum Gasteiger partial charge on any atom is -0.365 e. The van der Waals surface area contributed by atoms with Crippen LogP contribution in [0.1, 0.15) is 5.56 Å². The lowest BCUT2D eigenvalue weighted by Gasteiger charge is -2.07. The van der Waals surface area contributed by atoms with E-state index in [-0.39, 0.29) is 5.56 Å². The van der Waals surface area contributed by atoms with Crippen LogP contribution in [0.5, 0.6) is 0 Å². The second-order valence-electron chi connectivity index (χ2n) is 4.00. The zero-order valence-electron chi connectivity index (χ0n) is 10.00. The Kier molecular flexibility index (Phi) is 2.89. The largest absolute Gasteiger partial charge is 0.365 e. The Balaban J connectivity index is 1.95. The monoisotopic (exact) mass is 253 g/mol. The van der Waals surface area contributed by atoms with E-state index in [1.165, 1.54) is 6.33 Å². The highest BCUT2D eigenvalue weighted by atomic mass is 16.1. The molecular weight excluding hydrogens is 242 g/mol. The van der Waals surface area contributed by atoms with Gasteiger partial charge < -0.3 is 10.3 Å². The molecule has 0 saturated carbocycles. The van der Waals surface area contributed by atoms with Crippen molar-refractivity contribution in [3.05, 3.63) is 59.0 Å². The van der Waals surface area contributed by atoms with Crippen LogP contribution in [-0.2, 0) is 6.54 Å². The van der Waals surface area contributed by atoms with Crippen molar-refractivity contribution >= 4 is 16.7 Å². The third-order valence-corrected chi connectivity index (χ3v) is 2.74. The molecule has 0 fully saturated rings. The van der Waals surface area contributed by atoms with E-state index < -0.39 is 0 Å². The quantitative estimate of drug-likeness (QED) is 0.735. The first kappa shape index (κ1) is 11.3. The van der Waals surface area contributed by atoms with Crippen LogP contribution in [0.2, 0.25) is 0 Å². The fourth-order valence-corrected chi connectivity index (χ4v) is 1.84. The number of nitrogens with one attached hydrogen (secondary N) is 2. The van der Waals surface area contributed by atoms with Gasteiger partial charge in [-0.15, -0.1) is 0 Å². The van der Waals surface area contributed by atoms with Crippen molar-refractivity contribution in [1.29, 1.82) is 0 Å². The van der Waals surface area contributed by atoms with E-state index in [0.717, 1.165) is 5.56 Å². The summed E-state index contributed by atoms with van der Waals surface area (Å²) < 4.78 is 0. The minimum atomic E-state index is -0.202. The number of nitrogens with zero attached hydrogens (tertiary/aromatic N) is 3. The van der Waals surface area contributed by atoms with Crippen LogP contribution in [0.3, 0.4) is 0 Å². The number of fused-ring (bicyclic) bond motifs is 1. The molecule has 0 unspecified atom stereocenters. The Bertz CT molecular complexity index is 748. The molecule has 0 aliphatic heterocycles. The second-order valence-corrected chi connectivity index (χ2v) is 4.00. The average Bonchev–Trinajstić information content (AvgIpc) is 2.46. The van der Waals surface area contributed by atoms with Crippen molar-refractivity contribution in [2.45, 2.75) is 6.54 Å². The molecule has 3 aromatic rings. The van der Waals surface area contributed by atoms with Gasteiger partial charge in [-0.1, -0.05) is 6.07 Å². The molecule has 6 heteroatoms. The lowest BCUT2D eigenvalue weighted by molar-refractivity contribution is 1.08. The summed E-state index contributed by atoms with van der Waals surface area (Å²) in [6.45, 7) is 0.550. The number of hydrogen-bond donors (Lipinski definition) is 2. The first-order valence-corrected chi connectivity index (χ1v) is 5.80. The topological polar surface area (TPSA) is 83.6 Å². The van der Waals surface area contributed by atoms with Gasteiger partial charge in [-0.3, -0.25) is 9.78 Å². The average molecular weight is 253 g/mol. The molecule has 0 bridgehead atoms. The van der Waals surface area contributed by atoms with E-state index in [1.807, 2.05) is 12.1 Å². The van der Waals surface area contributed by atoms with Crippen LogP contribution in [0, 0.1) is 0 Å². The van der Waals surface area contributed by atoms with Gasteiger partial charge in [-0.25, -0.2) is 9.97 Å². The van der Waals surface area contributed by atoms with Gasteiger partial charge in [0.25, 0.3) is 5.56 Å². The molecule has 3 rings (SSSR count). The predicted octanol–water partition coefficient (Wildman–Crippen LogP) is 1.33. The van der Waals surface area contributed by atoms with Crippen LogP contribution >= 0.6 is 0 Å². The molecule has 3 aromatic heterocycles. The third-order valence-electron chi connectivity index (χ3n) is 2.74. The van der Waals surface area contributed by atoms with Crippen molar-refractivity contribution < 1.29 is 0 Å². The molecule has 0 aliphatic carbocycles. The first-order chi connectivity index (χ1) is 9.34. The standard InChI is InChI=1S/C13H11N5O/c19-13-11-10(17-8-18-13)3-5-15-12(11)16-7-9-2-1-4-14-6-9/h1-6,8H,7H2,(H,15,16)(H,17,18,19). The predicted molar refractivity (Wildman–Crippen MR) is 71.7 cm³/mol. The number of anilines is 1. The van der Waals surface area contributed by atoms with E-state index in [1.54, 1.807) is 24.7 Å². The van der Waals surface area contributed by atoms with E-state index >= 15 is 0 Å². The maximum atomic E-state index is 11.8. The highest BCUT2D eigenvalue weighted by Crippen LogP contribution is 2.14. The number of aromatic amines is 1. The van der Waals surface area contributed by atoms with Crippen LogP contribution in [0.4, 0.5) is 5.82 Å². The summed E-state index contributed by atoms with van der Waals surface area (Å²) in [5.41, 5.74) is 1.43. The van der Waals surface area contributed by atoms with Crippen LogP contribution in [-0.4, -0.2) is 19.9 Å². The highest BCUT2D eigenvalue weighted by molar-refractivity contribution is 5.87. The maximum absolute atomic E-state index is 11.8. The van der Waals surface area contributed by atoms with Crippen LogP contribution in [0.15, 0.2) is 47.9 Å². The molecule has 94 valence electrons. The Hall–Kier alpha value is -2.76. The smallest absolute Gasteiger partial charge is 0.262 e. The van der Waals surface area contributed by atoms with Gasteiger partial charge in [0.15, 0.2) is 0 Å². The summed E-state index contributed by atoms with van der Waals surface area (Å²) in [6.07, 6.45) is 6.49. The van der Waals surface area contributed by atoms with E-state index in [9.17, 15) is 4.79 Å². The molecule has 0 aromatic carbocycles. The molecule has 2 N–H and O–H groups in total. The molecule has 0 atom stereocenters. The zero-order valence-corrected chi connectivity index (χ0v) is 10.00. The molecule has 3 heterocycles. The summed E-state index contributed by atoms with van der Waals surface area (Å²) >= 11 is 0. The lowest BCUT2D eigenvalue weighted by Crippen LogP contribution is -2.11. The van der Waals surface area contributed by atoms with Gasteiger partial charge in [0.1, 0.15) is 11.2 Å². The SMILES string of the molecule is O=c1[nH]cnc2ccnc(NCc3cccnc3)c12. The maximum Gasteiger partial charge on any atom is 0.262 e. The van der Waals surface area contributed by atoms with Crippen molar-refractivity contribution in [2.75, 3.05) is 5.32 Å². The summed E-state index contributed by atoms with van der Waals surface area (Å²) in [4.78, 5) is 26.7. The van der Waals surface area contributed by atoms with Crippen molar-refractivity contribution in [3.63, 3.8) is 0 Å². The number of hydrogen-bond acceptors (Lipinski definition) is 5. The summed E-state index contributed by atoms with van der Waals surface area (Å²) in [7, 11) is 0. The summed E-state index contributed by atoms with van der Waals surface area (Å²) in [5, 5.41) is 3.60. The second kappa shape index (κ2) is 4.85. The molecule has 19 heavy (non-hydrogen) atoms. The van der Waals surface area contributed by atoms with Crippen LogP contribution < -0.4 is 10.9 Å². The van der Waals surface area contributed by atoms with Crippen molar-refractivity contribution in [1.82, 2.24) is 19.9 Å². The number of H-pyrrole nitrogens is 1. The molecule has 0 aliphatic rings. The van der Waals surface area contributed by atoms with E-state index in [2.05, 4.69) is 25.3 Å². The fraction of sp³-hybridized carbons (Fsp3) is 0.0769. The van der Waals surface area contributed by atoms with Crippen molar-refractivity contribution in [2.24, 2.45) is 0 Å². The highest BCUT2D eigenvalue weighted by Gasteiger charge is 2.06. The van der Waals surface area contributed by atoms with Crippen LogP contribution in [0.25, 0.3) is 10.9 Å². The Morgan fingerprint density at radius 2 is 2.16 bits per heavy atom. The van der Waals surface area contributed by atoms with Crippen molar-refractivity contribution in [3.8, 4) is 0 Å². The number of aromatic nitrogens is 4. The molecule has 0 amide bonds. The lowest BCUT2D eigenvalue weighted by atomic mass is 10.2. The molecule has 6 nitrogen and oxygen atoms in total. The van der Waals surface area contributed by atoms with Gasteiger partial charge in [0.2, 0.25) is 0 Å². The first-order valence-electron chi connectivity index (χ1n) is 5.80. The van der Waals surface area contributed by atoms with E-state index in [4.69, 9.17) is 0 Å². The number of rotatable bonds is 3. The van der Waals surface area contributed by atoms with Gasteiger partial charge >= 0.3 is 0 Å². The molecule has 0 radical (unpaired) electrons. The Morgan fingerprint density at radius 1 is 1.21 bits per heavy atom. The van der Waals surface area contributed by atoms with Gasteiger partial charge in [0.05, 0.1) is 11.8 Å². The Labute approximate surface area is 108 Å². The normalized spacial score (nSPS) is 10.5. The zero-order chi connectivity index (χ0) is 13.1. The minimum absolute atomic E-state index is 0.202.